The maximum absolute atomic E-state index is 9.36. The summed E-state index contributed by atoms with van der Waals surface area (Å²) in [5.41, 5.74) is 0. The van der Waals surface area contributed by atoms with Gasteiger partial charge in [-0.05, 0) is 33.1 Å². The van der Waals surface area contributed by atoms with Crippen LogP contribution in [-0.4, -0.2) is 47.3 Å². The van der Waals surface area contributed by atoms with Crippen molar-refractivity contribution in [2.45, 2.75) is 77.5 Å². The molecule has 0 aromatic carbocycles. The molecule has 102 valence electrons. The fourth-order valence-electron chi connectivity index (χ4n) is 2.92. The van der Waals surface area contributed by atoms with E-state index in [4.69, 9.17) is 0 Å². The molecule has 0 aromatic rings. The molecule has 2 N–H and O–H groups in total. The van der Waals surface area contributed by atoms with Gasteiger partial charge in [-0.2, -0.15) is 0 Å². The SMILES string of the molecule is CC(C)NC(CO)CCN1[C@H](C)CCC[C@@H]1C. The van der Waals surface area contributed by atoms with Gasteiger partial charge in [-0.3, -0.25) is 4.90 Å². The maximum Gasteiger partial charge on any atom is 0.0585 e. The predicted molar refractivity (Wildman–Crippen MR) is 73.2 cm³/mol. The summed E-state index contributed by atoms with van der Waals surface area (Å²) in [5.74, 6) is 0. The summed E-state index contributed by atoms with van der Waals surface area (Å²) in [6.07, 6.45) is 5.06. The Morgan fingerprint density at radius 3 is 2.29 bits per heavy atom. The van der Waals surface area contributed by atoms with Crippen molar-refractivity contribution >= 4 is 0 Å². The second kappa shape index (κ2) is 7.34. The minimum atomic E-state index is 0.245. The van der Waals surface area contributed by atoms with Crippen molar-refractivity contribution < 1.29 is 5.11 Å². The van der Waals surface area contributed by atoms with Crippen molar-refractivity contribution in [3.63, 3.8) is 0 Å². The van der Waals surface area contributed by atoms with E-state index in [0.29, 0.717) is 18.1 Å². The average molecular weight is 242 g/mol. The maximum atomic E-state index is 9.36. The molecule has 1 rings (SSSR count). The van der Waals surface area contributed by atoms with Crippen molar-refractivity contribution in [1.82, 2.24) is 10.2 Å². The van der Waals surface area contributed by atoms with Crippen molar-refractivity contribution in [2.75, 3.05) is 13.2 Å². The Kier molecular flexibility index (Phi) is 6.45. The van der Waals surface area contributed by atoms with Gasteiger partial charge in [0.25, 0.3) is 0 Å². The second-order valence-electron chi connectivity index (χ2n) is 5.86. The molecule has 1 aliphatic heterocycles. The number of rotatable bonds is 6. The van der Waals surface area contributed by atoms with Gasteiger partial charge in [-0.25, -0.2) is 0 Å². The standard InChI is InChI=1S/C14H30N2O/c1-11(2)15-14(10-17)8-9-16-12(3)6-5-7-13(16)4/h11-15,17H,5-10H2,1-4H3/t12-,13+,14?. The van der Waals surface area contributed by atoms with Gasteiger partial charge in [0.15, 0.2) is 0 Å². The molecule has 1 fully saturated rings. The fourth-order valence-corrected chi connectivity index (χ4v) is 2.92. The minimum Gasteiger partial charge on any atom is -0.395 e. The number of piperidine rings is 1. The summed E-state index contributed by atoms with van der Waals surface area (Å²) in [6, 6.07) is 2.11. The van der Waals surface area contributed by atoms with Crippen molar-refractivity contribution in [1.29, 1.82) is 0 Å². The summed E-state index contributed by atoms with van der Waals surface area (Å²) >= 11 is 0. The summed E-state index contributed by atoms with van der Waals surface area (Å²) in [6.45, 7) is 10.3. The number of aliphatic hydroxyl groups is 1. The van der Waals surface area contributed by atoms with Crippen LogP contribution in [0.5, 0.6) is 0 Å². The molecule has 1 aliphatic rings. The van der Waals surface area contributed by atoms with Crippen molar-refractivity contribution in [2.24, 2.45) is 0 Å². The highest BCUT2D eigenvalue weighted by Crippen LogP contribution is 2.22. The van der Waals surface area contributed by atoms with E-state index in [1.807, 2.05) is 0 Å². The van der Waals surface area contributed by atoms with E-state index in [0.717, 1.165) is 13.0 Å². The zero-order valence-electron chi connectivity index (χ0n) is 11.9. The first-order valence-corrected chi connectivity index (χ1v) is 7.17. The van der Waals surface area contributed by atoms with E-state index >= 15 is 0 Å². The third kappa shape index (κ3) is 4.94. The van der Waals surface area contributed by atoms with Gasteiger partial charge in [0, 0.05) is 30.7 Å². The minimum absolute atomic E-state index is 0.245. The van der Waals surface area contributed by atoms with Crippen LogP contribution in [-0.2, 0) is 0 Å². The molecule has 3 heteroatoms. The smallest absolute Gasteiger partial charge is 0.0585 e. The Labute approximate surface area is 107 Å². The van der Waals surface area contributed by atoms with Gasteiger partial charge in [0.2, 0.25) is 0 Å². The average Bonchev–Trinajstić information content (AvgIpc) is 2.26. The van der Waals surface area contributed by atoms with E-state index < -0.39 is 0 Å². The fraction of sp³-hybridized carbons (Fsp3) is 1.00. The summed E-state index contributed by atoms with van der Waals surface area (Å²) < 4.78 is 0. The Hall–Kier alpha value is -0.120. The lowest BCUT2D eigenvalue weighted by molar-refractivity contribution is 0.0926. The molecule has 0 amide bonds. The summed E-state index contributed by atoms with van der Waals surface area (Å²) in [7, 11) is 0. The van der Waals surface area contributed by atoms with E-state index in [9.17, 15) is 5.11 Å². The molecule has 0 aromatic heterocycles. The molecule has 1 saturated heterocycles. The molecule has 0 saturated carbocycles. The highest BCUT2D eigenvalue weighted by molar-refractivity contribution is 4.81. The molecular weight excluding hydrogens is 212 g/mol. The van der Waals surface area contributed by atoms with Crippen molar-refractivity contribution in [3.8, 4) is 0 Å². The topological polar surface area (TPSA) is 35.5 Å². The molecule has 1 unspecified atom stereocenters. The number of likely N-dealkylation sites (tertiary alicyclic amines) is 1. The Morgan fingerprint density at radius 2 is 1.82 bits per heavy atom. The van der Waals surface area contributed by atoms with Gasteiger partial charge < -0.3 is 10.4 Å². The van der Waals surface area contributed by atoms with Crippen LogP contribution in [0.2, 0.25) is 0 Å². The third-order valence-electron chi connectivity index (χ3n) is 3.90. The van der Waals surface area contributed by atoms with E-state index in [1.54, 1.807) is 0 Å². The first-order valence-electron chi connectivity index (χ1n) is 7.17. The number of nitrogens with zero attached hydrogens (tertiary/aromatic N) is 1. The molecule has 3 atom stereocenters. The lowest BCUT2D eigenvalue weighted by Crippen LogP contribution is -2.47. The first kappa shape index (κ1) is 14.9. The monoisotopic (exact) mass is 242 g/mol. The summed E-state index contributed by atoms with van der Waals surface area (Å²) in [5, 5.41) is 12.8. The zero-order valence-corrected chi connectivity index (χ0v) is 11.9. The molecule has 17 heavy (non-hydrogen) atoms. The quantitative estimate of drug-likeness (QED) is 0.748. The zero-order chi connectivity index (χ0) is 12.8. The number of aliphatic hydroxyl groups excluding tert-OH is 1. The second-order valence-corrected chi connectivity index (χ2v) is 5.86. The van der Waals surface area contributed by atoms with E-state index in [-0.39, 0.29) is 12.6 Å². The van der Waals surface area contributed by atoms with Gasteiger partial charge in [-0.1, -0.05) is 20.3 Å². The van der Waals surface area contributed by atoms with E-state index in [2.05, 4.69) is 37.9 Å². The number of nitrogens with one attached hydrogen (secondary N) is 1. The largest absolute Gasteiger partial charge is 0.395 e. The molecule has 0 radical (unpaired) electrons. The van der Waals surface area contributed by atoms with Crippen LogP contribution in [0.4, 0.5) is 0 Å². The summed E-state index contributed by atoms with van der Waals surface area (Å²) in [4.78, 5) is 2.61. The van der Waals surface area contributed by atoms with Crippen LogP contribution >= 0.6 is 0 Å². The first-order chi connectivity index (χ1) is 8.04. The normalized spacial score (nSPS) is 28.6. The molecule has 0 aliphatic carbocycles. The highest BCUT2D eigenvalue weighted by atomic mass is 16.3. The van der Waals surface area contributed by atoms with Crippen LogP contribution in [0.1, 0.15) is 53.4 Å². The van der Waals surface area contributed by atoms with Crippen LogP contribution in [0.25, 0.3) is 0 Å². The highest BCUT2D eigenvalue weighted by Gasteiger charge is 2.24. The molecule has 0 spiro atoms. The van der Waals surface area contributed by atoms with Crippen LogP contribution in [0, 0.1) is 0 Å². The molecule has 1 heterocycles. The van der Waals surface area contributed by atoms with E-state index in [1.165, 1.54) is 19.3 Å². The predicted octanol–water partition coefficient (Wildman–Crippen LogP) is 2.00. The third-order valence-corrected chi connectivity index (χ3v) is 3.90. The number of hydrogen-bond acceptors (Lipinski definition) is 3. The Morgan fingerprint density at radius 1 is 1.24 bits per heavy atom. The lowest BCUT2D eigenvalue weighted by atomic mass is 9.97. The van der Waals surface area contributed by atoms with Gasteiger partial charge in [-0.15, -0.1) is 0 Å². The van der Waals surface area contributed by atoms with Crippen LogP contribution in [0.3, 0.4) is 0 Å². The molecule has 3 nitrogen and oxygen atoms in total. The van der Waals surface area contributed by atoms with Crippen molar-refractivity contribution in [3.05, 3.63) is 0 Å². The van der Waals surface area contributed by atoms with Crippen LogP contribution in [0.15, 0.2) is 0 Å². The van der Waals surface area contributed by atoms with Gasteiger partial charge >= 0.3 is 0 Å². The molecule has 0 bridgehead atoms. The van der Waals surface area contributed by atoms with Gasteiger partial charge in [0.1, 0.15) is 0 Å². The molecular formula is C14H30N2O. The van der Waals surface area contributed by atoms with Gasteiger partial charge in [0.05, 0.1) is 6.61 Å². The Bertz CT molecular complexity index is 198. The Balaban J connectivity index is 2.36. The van der Waals surface area contributed by atoms with Crippen LogP contribution < -0.4 is 5.32 Å². The lowest BCUT2D eigenvalue weighted by Gasteiger charge is -2.39. The number of hydrogen-bond donors (Lipinski definition) is 2.